The minimum atomic E-state index is -0.158. The van der Waals surface area contributed by atoms with Crippen molar-refractivity contribution in [2.45, 2.75) is 45.8 Å². The van der Waals surface area contributed by atoms with E-state index in [1.807, 2.05) is 0 Å². The Morgan fingerprint density at radius 2 is 1.82 bits per heavy atom. The lowest BCUT2D eigenvalue weighted by Crippen LogP contribution is -2.53. The minimum Gasteiger partial charge on any atom is -0.391 e. The van der Waals surface area contributed by atoms with Crippen LogP contribution in [0.2, 0.25) is 0 Å². The molecular formula is C14H25NO2. The SMILES string of the molecule is CC1(C)C2CCC1(C)C(O)C2N1CCOCC1. The molecular weight excluding hydrogens is 214 g/mol. The first kappa shape index (κ1) is 11.9. The minimum absolute atomic E-state index is 0.112. The maximum absolute atomic E-state index is 10.7. The summed E-state index contributed by atoms with van der Waals surface area (Å²) >= 11 is 0. The molecule has 3 nitrogen and oxygen atoms in total. The molecule has 98 valence electrons. The summed E-state index contributed by atoms with van der Waals surface area (Å²) in [5.41, 5.74) is 0.385. The molecule has 1 aliphatic heterocycles. The first-order valence-corrected chi connectivity index (χ1v) is 6.98. The van der Waals surface area contributed by atoms with Gasteiger partial charge < -0.3 is 9.84 Å². The van der Waals surface area contributed by atoms with E-state index in [0.717, 1.165) is 26.3 Å². The van der Waals surface area contributed by atoms with Gasteiger partial charge >= 0.3 is 0 Å². The van der Waals surface area contributed by atoms with Gasteiger partial charge in [-0.3, -0.25) is 4.90 Å². The van der Waals surface area contributed by atoms with Gasteiger partial charge in [-0.2, -0.15) is 0 Å². The fourth-order valence-corrected chi connectivity index (χ4v) is 4.62. The maximum atomic E-state index is 10.7. The zero-order chi connectivity index (χ0) is 12.3. The van der Waals surface area contributed by atoms with E-state index >= 15 is 0 Å². The largest absolute Gasteiger partial charge is 0.391 e. The van der Waals surface area contributed by atoms with E-state index in [0.29, 0.717) is 12.0 Å². The van der Waals surface area contributed by atoms with Crippen LogP contribution < -0.4 is 0 Å². The Morgan fingerprint density at radius 3 is 2.35 bits per heavy atom. The van der Waals surface area contributed by atoms with Gasteiger partial charge in [-0.1, -0.05) is 20.8 Å². The normalized spacial score (nSPS) is 49.8. The molecule has 2 bridgehead atoms. The molecule has 0 aromatic carbocycles. The van der Waals surface area contributed by atoms with Crippen LogP contribution in [0.5, 0.6) is 0 Å². The van der Waals surface area contributed by atoms with Crippen molar-refractivity contribution in [3.8, 4) is 0 Å². The predicted octanol–water partition coefficient (Wildman–Crippen LogP) is 1.50. The van der Waals surface area contributed by atoms with Crippen LogP contribution in [0.4, 0.5) is 0 Å². The van der Waals surface area contributed by atoms with Crippen LogP contribution in [0, 0.1) is 16.7 Å². The van der Waals surface area contributed by atoms with Crippen molar-refractivity contribution in [1.29, 1.82) is 0 Å². The monoisotopic (exact) mass is 239 g/mol. The van der Waals surface area contributed by atoms with Crippen molar-refractivity contribution in [3.05, 3.63) is 0 Å². The number of aliphatic hydroxyl groups is 1. The number of aliphatic hydroxyl groups excluding tert-OH is 1. The van der Waals surface area contributed by atoms with Crippen LogP contribution in [-0.2, 0) is 4.74 Å². The van der Waals surface area contributed by atoms with Crippen LogP contribution in [-0.4, -0.2) is 48.5 Å². The highest BCUT2D eigenvalue weighted by molar-refractivity contribution is 5.17. The second-order valence-electron chi connectivity index (χ2n) is 6.87. The Kier molecular flexibility index (Phi) is 2.59. The third-order valence-electron chi connectivity index (χ3n) is 6.23. The van der Waals surface area contributed by atoms with Gasteiger partial charge in [0.25, 0.3) is 0 Å². The highest BCUT2D eigenvalue weighted by atomic mass is 16.5. The molecule has 2 aliphatic carbocycles. The van der Waals surface area contributed by atoms with Gasteiger partial charge in [0.15, 0.2) is 0 Å². The summed E-state index contributed by atoms with van der Waals surface area (Å²) in [6.07, 6.45) is 2.31. The van der Waals surface area contributed by atoms with E-state index in [9.17, 15) is 5.11 Å². The lowest BCUT2D eigenvalue weighted by Gasteiger charge is -2.41. The summed E-state index contributed by atoms with van der Waals surface area (Å²) in [5, 5.41) is 10.7. The van der Waals surface area contributed by atoms with Gasteiger partial charge in [0.2, 0.25) is 0 Å². The summed E-state index contributed by atoms with van der Waals surface area (Å²) in [4.78, 5) is 2.48. The molecule has 0 spiro atoms. The molecule has 0 radical (unpaired) electrons. The number of nitrogens with zero attached hydrogens (tertiary/aromatic N) is 1. The number of fused-ring (bicyclic) bond motifs is 2. The van der Waals surface area contributed by atoms with E-state index in [-0.39, 0.29) is 16.9 Å². The Bertz CT molecular complexity index is 311. The Balaban J connectivity index is 1.88. The quantitative estimate of drug-likeness (QED) is 0.753. The predicted molar refractivity (Wildman–Crippen MR) is 66.8 cm³/mol. The third kappa shape index (κ3) is 1.39. The summed E-state index contributed by atoms with van der Waals surface area (Å²) in [6, 6.07) is 0.368. The van der Waals surface area contributed by atoms with E-state index in [2.05, 4.69) is 25.7 Å². The number of hydrogen-bond donors (Lipinski definition) is 1. The average Bonchev–Trinajstić information content (AvgIpc) is 2.62. The third-order valence-corrected chi connectivity index (χ3v) is 6.23. The zero-order valence-corrected chi connectivity index (χ0v) is 11.3. The first-order chi connectivity index (χ1) is 7.98. The fourth-order valence-electron chi connectivity index (χ4n) is 4.62. The van der Waals surface area contributed by atoms with Gasteiger partial charge in [0.05, 0.1) is 19.3 Å². The van der Waals surface area contributed by atoms with Gasteiger partial charge in [0.1, 0.15) is 0 Å². The van der Waals surface area contributed by atoms with Gasteiger partial charge in [0, 0.05) is 24.5 Å². The highest BCUT2D eigenvalue weighted by Gasteiger charge is 2.66. The van der Waals surface area contributed by atoms with Crippen LogP contribution >= 0.6 is 0 Å². The molecule has 3 fully saturated rings. The Labute approximate surface area is 104 Å². The molecule has 1 N–H and O–H groups in total. The standard InChI is InChI=1S/C14H25NO2/c1-13(2)10-4-5-14(13,3)12(16)11(10)15-6-8-17-9-7-15/h10-12,16H,4-9H2,1-3H3. The average molecular weight is 239 g/mol. The molecule has 4 unspecified atom stereocenters. The number of rotatable bonds is 1. The second kappa shape index (κ2) is 3.69. The second-order valence-corrected chi connectivity index (χ2v) is 6.87. The summed E-state index contributed by atoms with van der Waals surface area (Å²) in [5.74, 6) is 0.653. The molecule has 1 heterocycles. The summed E-state index contributed by atoms with van der Waals surface area (Å²) in [6.45, 7) is 10.6. The zero-order valence-electron chi connectivity index (χ0n) is 11.3. The smallest absolute Gasteiger partial charge is 0.0756 e. The van der Waals surface area contributed by atoms with Gasteiger partial charge in [-0.25, -0.2) is 0 Å². The van der Waals surface area contributed by atoms with E-state index in [4.69, 9.17) is 4.74 Å². The molecule has 0 aromatic heterocycles. The highest BCUT2D eigenvalue weighted by Crippen LogP contribution is 2.66. The lowest BCUT2D eigenvalue weighted by molar-refractivity contribution is -0.0596. The molecule has 3 rings (SSSR count). The fraction of sp³-hybridized carbons (Fsp3) is 1.00. The maximum Gasteiger partial charge on any atom is 0.0756 e. The summed E-state index contributed by atoms with van der Waals surface area (Å²) < 4.78 is 5.43. The van der Waals surface area contributed by atoms with Gasteiger partial charge in [-0.05, 0) is 24.2 Å². The molecule has 4 atom stereocenters. The Hall–Kier alpha value is -0.120. The van der Waals surface area contributed by atoms with Crippen molar-refractivity contribution < 1.29 is 9.84 Å². The van der Waals surface area contributed by atoms with Gasteiger partial charge in [-0.15, -0.1) is 0 Å². The molecule has 3 heteroatoms. The topological polar surface area (TPSA) is 32.7 Å². The molecule has 0 aromatic rings. The summed E-state index contributed by atoms with van der Waals surface area (Å²) in [7, 11) is 0. The molecule has 0 amide bonds. The van der Waals surface area contributed by atoms with Crippen LogP contribution in [0.15, 0.2) is 0 Å². The molecule has 1 saturated heterocycles. The van der Waals surface area contributed by atoms with E-state index in [1.165, 1.54) is 12.8 Å². The first-order valence-electron chi connectivity index (χ1n) is 6.98. The van der Waals surface area contributed by atoms with Crippen molar-refractivity contribution in [2.75, 3.05) is 26.3 Å². The van der Waals surface area contributed by atoms with Crippen molar-refractivity contribution in [2.24, 2.45) is 16.7 Å². The van der Waals surface area contributed by atoms with E-state index in [1.54, 1.807) is 0 Å². The van der Waals surface area contributed by atoms with Crippen molar-refractivity contribution >= 4 is 0 Å². The Morgan fingerprint density at radius 1 is 1.18 bits per heavy atom. The lowest BCUT2D eigenvalue weighted by atomic mass is 9.70. The van der Waals surface area contributed by atoms with Crippen molar-refractivity contribution in [3.63, 3.8) is 0 Å². The molecule has 2 saturated carbocycles. The molecule has 17 heavy (non-hydrogen) atoms. The number of morpholine rings is 1. The molecule has 3 aliphatic rings. The van der Waals surface area contributed by atoms with Crippen LogP contribution in [0.1, 0.15) is 33.6 Å². The van der Waals surface area contributed by atoms with Crippen molar-refractivity contribution in [1.82, 2.24) is 4.90 Å². The van der Waals surface area contributed by atoms with Crippen LogP contribution in [0.25, 0.3) is 0 Å². The number of hydrogen-bond acceptors (Lipinski definition) is 3. The van der Waals surface area contributed by atoms with Crippen LogP contribution in [0.3, 0.4) is 0 Å². The number of ether oxygens (including phenoxy) is 1. The van der Waals surface area contributed by atoms with E-state index < -0.39 is 0 Å².